The molecule has 3 N–H and O–H groups in total. The van der Waals surface area contributed by atoms with Crippen LogP contribution >= 0.6 is 0 Å². The van der Waals surface area contributed by atoms with Crippen molar-refractivity contribution in [1.29, 1.82) is 0 Å². The van der Waals surface area contributed by atoms with Crippen LogP contribution in [0.5, 0.6) is 0 Å². The van der Waals surface area contributed by atoms with Gasteiger partial charge in [-0.25, -0.2) is 9.97 Å². The molecule has 2 aromatic carbocycles. The van der Waals surface area contributed by atoms with Gasteiger partial charge in [-0.1, -0.05) is 0 Å². The molecule has 15 nitrogen and oxygen atoms in total. The summed E-state index contributed by atoms with van der Waals surface area (Å²) < 4.78 is 44.4. The minimum absolute atomic E-state index is 0.174. The number of nitrogens with zero attached hydrogens (tertiary/aromatic N) is 8. The number of amides is 1. The monoisotopic (exact) mass is 631 g/mol. The first-order valence-corrected chi connectivity index (χ1v) is 15.2. The van der Waals surface area contributed by atoms with E-state index in [4.69, 9.17) is 14.7 Å². The van der Waals surface area contributed by atoms with Crippen molar-refractivity contribution in [2.45, 2.75) is 11.4 Å². The van der Waals surface area contributed by atoms with Crippen molar-refractivity contribution in [3.8, 4) is 5.69 Å². The van der Waals surface area contributed by atoms with E-state index in [0.29, 0.717) is 72.8 Å². The third kappa shape index (κ3) is 5.77. The van der Waals surface area contributed by atoms with Crippen molar-refractivity contribution >= 4 is 55.8 Å². The lowest BCUT2D eigenvalue weighted by molar-refractivity contribution is 0.102. The van der Waals surface area contributed by atoms with Crippen LogP contribution in [0.1, 0.15) is 16.2 Å². The number of anilines is 3. The summed E-state index contributed by atoms with van der Waals surface area (Å²) in [5.74, 6) is 1.25. The summed E-state index contributed by atoms with van der Waals surface area (Å²) in [4.78, 5) is 36.4. The van der Waals surface area contributed by atoms with Crippen molar-refractivity contribution in [2.75, 3.05) is 41.8 Å². The van der Waals surface area contributed by atoms with Gasteiger partial charge in [-0.2, -0.15) is 23.5 Å². The second-order valence-corrected chi connectivity index (χ2v) is 11.7. The molecule has 230 valence electrons. The lowest BCUT2D eigenvalue weighted by Crippen LogP contribution is -2.37. The predicted octanol–water partition coefficient (Wildman–Crippen LogP) is 2.78. The Kier molecular flexibility index (Phi) is 7.09. The van der Waals surface area contributed by atoms with Crippen molar-refractivity contribution < 1.29 is 21.8 Å². The Morgan fingerprint density at radius 1 is 1.09 bits per heavy atom. The number of H-pyrrole nitrogens is 1. The molecule has 1 aliphatic heterocycles. The highest BCUT2D eigenvalue weighted by molar-refractivity contribution is 7.86. The van der Waals surface area contributed by atoms with E-state index >= 15 is 0 Å². The smallest absolute Gasteiger partial charge is 0.332 e. The standard InChI is InChI=1S/C28H26FN11O4S/c1-38-15-19(13-32-38)40-16-31-24-25(36-28(37-26(24)40)39-8-10-44-11-9-39)30-14-23-34-21-7-4-18(12-22(21)35-23)33-27(41)17-2-5-20(6-3-17)45(29,42)43/h2-7,12-13,15-16H,8-11,14H2,1H3,(H,33,41)(H,34,35)(H,30,36,37). The number of aromatic nitrogens is 8. The Labute approximate surface area is 255 Å². The van der Waals surface area contributed by atoms with Crippen LogP contribution in [-0.2, 0) is 28.6 Å². The summed E-state index contributed by atoms with van der Waals surface area (Å²) in [6.07, 6.45) is 5.31. The summed E-state index contributed by atoms with van der Waals surface area (Å²) in [7, 11) is -3.00. The number of fused-ring (bicyclic) bond motifs is 2. The van der Waals surface area contributed by atoms with E-state index in [2.05, 4.69) is 35.6 Å². The summed E-state index contributed by atoms with van der Waals surface area (Å²) in [6.45, 7) is 2.81. The van der Waals surface area contributed by atoms with Crippen LogP contribution in [-0.4, -0.2) is 79.9 Å². The molecular formula is C28H26FN11O4S. The number of aromatic amines is 1. The molecule has 6 aromatic rings. The van der Waals surface area contributed by atoms with Crippen molar-refractivity contribution in [3.63, 3.8) is 0 Å². The Balaban J connectivity index is 1.12. The quantitative estimate of drug-likeness (QED) is 0.210. The largest absolute Gasteiger partial charge is 0.378 e. The third-order valence-corrected chi connectivity index (χ3v) is 8.09. The van der Waals surface area contributed by atoms with Gasteiger partial charge in [0, 0.05) is 37.6 Å². The summed E-state index contributed by atoms with van der Waals surface area (Å²) in [5.41, 5.74) is 4.07. The number of benzene rings is 2. The summed E-state index contributed by atoms with van der Waals surface area (Å²) in [6, 6.07) is 9.78. The number of hydrogen-bond donors (Lipinski definition) is 3. The van der Waals surface area contributed by atoms with E-state index in [1.54, 1.807) is 35.4 Å². The molecule has 0 radical (unpaired) electrons. The molecule has 45 heavy (non-hydrogen) atoms. The molecule has 1 amide bonds. The third-order valence-electron chi connectivity index (χ3n) is 7.26. The lowest BCUT2D eigenvalue weighted by Gasteiger charge is -2.27. The lowest BCUT2D eigenvalue weighted by atomic mass is 10.2. The highest BCUT2D eigenvalue weighted by Crippen LogP contribution is 2.26. The van der Waals surface area contributed by atoms with Crippen LogP contribution in [0.4, 0.5) is 21.3 Å². The van der Waals surface area contributed by atoms with E-state index in [1.807, 2.05) is 17.8 Å². The van der Waals surface area contributed by atoms with Gasteiger partial charge in [-0.15, -0.1) is 3.89 Å². The second kappa shape index (κ2) is 11.3. The zero-order chi connectivity index (χ0) is 31.1. The number of aryl methyl sites for hydroxylation is 1. The van der Waals surface area contributed by atoms with E-state index in [1.165, 1.54) is 12.1 Å². The number of ether oxygens (including phenoxy) is 1. The SMILES string of the molecule is Cn1cc(-n2cnc3c(NCc4nc5cc(NC(=O)c6ccc(S(=O)(=O)F)cc6)ccc5[nH]4)nc(N4CCOCC4)nc32)cn1. The molecule has 4 aromatic heterocycles. The fraction of sp³-hybridized carbons (Fsp3) is 0.214. The number of morpholine rings is 1. The zero-order valence-corrected chi connectivity index (χ0v) is 24.6. The molecule has 5 heterocycles. The minimum atomic E-state index is -4.85. The maximum atomic E-state index is 13.2. The van der Waals surface area contributed by atoms with Crippen molar-refractivity contribution in [1.82, 2.24) is 39.3 Å². The predicted molar refractivity (Wildman–Crippen MR) is 163 cm³/mol. The van der Waals surface area contributed by atoms with Gasteiger partial charge in [-0.05, 0) is 42.5 Å². The zero-order valence-electron chi connectivity index (χ0n) is 23.8. The Morgan fingerprint density at radius 2 is 1.89 bits per heavy atom. The first kappa shape index (κ1) is 28.4. The van der Waals surface area contributed by atoms with E-state index in [9.17, 15) is 17.1 Å². The van der Waals surface area contributed by atoms with Crippen LogP contribution in [0.3, 0.4) is 0 Å². The number of rotatable bonds is 8. The van der Waals surface area contributed by atoms with Gasteiger partial charge >= 0.3 is 10.2 Å². The Morgan fingerprint density at radius 3 is 2.62 bits per heavy atom. The van der Waals surface area contributed by atoms with Gasteiger partial charge in [0.05, 0.1) is 47.6 Å². The van der Waals surface area contributed by atoms with Crippen LogP contribution in [0, 0.1) is 0 Å². The highest BCUT2D eigenvalue weighted by atomic mass is 32.3. The molecule has 0 unspecified atom stereocenters. The Hall–Kier alpha value is -5.42. The molecule has 1 aliphatic rings. The highest BCUT2D eigenvalue weighted by Gasteiger charge is 2.21. The fourth-order valence-corrected chi connectivity index (χ4v) is 5.46. The van der Waals surface area contributed by atoms with Gasteiger partial charge in [0.2, 0.25) is 5.95 Å². The fourth-order valence-electron chi connectivity index (χ4n) is 5.00. The van der Waals surface area contributed by atoms with Gasteiger partial charge in [0.15, 0.2) is 17.0 Å². The van der Waals surface area contributed by atoms with Gasteiger partial charge in [0.25, 0.3) is 5.91 Å². The maximum Gasteiger partial charge on any atom is 0.332 e. The molecule has 7 rings (SSSR count). The number of carbonyl (C=O) groups is 1. The minimum Gasteiger partial charge on any atom is -0.378 e. The number of imidazole rings is 2. The number of nitrogens with one attached hydrogen (secondary N) is 3. The van der Waals surface area contributed by atoms with E-state index in [0.717, 1.165) is 23.3 Å². The molecule has 0 aliphatic carbocycles. The van der Waals surface area contributed by atoms with Gasteiger partial charge in [-0.3, -0.25) is 14.0 Å². The maximum absolute atomic E-state index is 13.2. The van der Waals surface area contributed by atoms with Gasteiger partial charge < -0.3 is 25.3 Å². The first-order chi connectivity index (χ1) is 21.7. The van der Waals surface area contributed by atoms with Gasteiger partial charge in [0.1, 0.15) is 12.2 Å². The topological polar surface area (TPSA) is 178 Å². The molecule has 1 saturated heterocycles. The molecule has 17 heteroatoms. The average molecular weight is 632 g/mol. The summed E-state index contributed by atoms with van der Waals surface area (Å²) in [5, 5.41) is 10.4. The molecule has 0 atom stereocenters. The Bertz CT molecular complexity index is 2150. The number of halogens is 1. The summed E-state index contributed by atoms with van der Waals surface area (Å²) >= 11 is 0. The molecule has 0 spiro atoms. The molecule has 0 bridgehead atoms. The molecule has 0 saturated carbocycles. The number of carbonyl (C=O) groups excluding carboxylic acids is 1. The van der Waals surface area contributed by atoms with Crippen LogP contribution < -0.4 is 15.5 Å². The molecular weight excluding hydrogens is 605 g/mol. The first-order valence-electron chi connectivity index (χ1n) is 13.9. The van der Waals surface area contributed by atoms with Crippen LogP contribution in [0.15, 0.2) is 66.1 Å². The van der Waals surface area contributed by atoms with Crippen LogP contribution in [0.25, 0.3) is 27.9 Å². The second-order valence-electron chi connectivity index (χ2n) is 10.3. The molecule has 1 fully saturated rings. The van der Waals surface area contributed by atoms with Crippen LogP contribution in [0.2, 0.25) is 0 Å². The van der Waals surface area contributed by atoms with Crippen molar-refractivity contribution in [2.24, 2.45) is 7.05 Å². The van der Waals surface area contributed by atoms with Crippen molar-refractivity contribution in [3.05, 3.63) is 72.6 Å². The van der Waals surface area contributed by atoms with E-state index in [-0.39, 0.29) is 5.56 Å². The normalized spacial score (nSPS) is 13.9. The average Bonchev–Trinajstić information content (AvgIpc) is 3.77. The number of hydrogen-bond acceptors (Lipinski definition) is 11. The van der Waals surface area contributed by atoms with E-state index < -0.39 is 21.0 Å².